The van der Waals surface area contributed by atoms with Crippen LogP contribution < -0.4 is 10.6 Å². The number of amides is 4. The zero-order valence-corrected chi connectivity index (χ0v) is 19.7. The molecule has 6 heteroatoms. The molecule has 0 aromatic heterocycles. The fourth-order valence-corrected chi connectivity index (χ4v) is 4.83. The lowest BCUT2D eigenvalue weighted by molar-refractivity contribution is -0.131. The van der Waals surface area contributed by atoms with Crippen LogP contribution in [-0.2, 0) is 21.4 Å². The lowest BCUT2D eigenvalue weighted by Crippen LogP contribution is -2.44. The largest absolute Gasteiger partial charge is 0.356 e. The van der Waals surface area contributed by atoms with Gasteiger partial charge in [-0.15, -0.1) is 0 Å². The summed E-state index contributed by atoms with van der Waals surface area (Å²) < 4.78 is 0. The zero-order valence-electron chi connectivity index (χ0n) is 19.7. The maximum Gasteiger partial charge on any atom is 0.325 e. The van der Waals surface area contributed by atoms with Crippen LogP contribution in [0.2, 0.25) is 0 Å². The monoisotopic (exact) mass is 427 g/mol. The molecular weight excluding hydrogens is 390 g/mol. The third-order valence-corrected chi connectivity index (χ3v) is 6.75. The number of benzene rings is 1. The Balaban J connectivity index is 1.43. The van der Waals surface area contributed by atoms with E-state index in [4.69, 9.17) is 0 Å². The fraction of sp³-hybridized carbons (Fsp3) is 0.640. The van der Waals surface area contributed by atoms with Gasteiger partial charge in [0.25, 0.3) is 5.91 Å². The van der Waals surface area contributed by atoms with Crippen LogP contribution in [0.15, 0.2) is 12.1 Å². The predicted octanol–water partition coefficient (Wildman–Crippen LogP) is 3.90. The van der Waals surface area contributed by atoms with E-state index in [9.17, 15) is 14.4 Å². The molecular formula is C25H37N3O3. The molecule has 0 unspecified atom stereocenters. The third-order valence-electron chi connectivity index (χ3n) is 6.75. The topological polar surface area (TPSA) is 78.5 Å². The molecule has 170 valence electrons. The average Bonchev–Trinajstić information content (AvgIpc) is 3.23. The summed E-state index contributed by atoms with van der Waals surface area (Å²) in [5.41, 5.74) is 4.59. The van der Waals surface area contributed by atoms with Gasteiger partial charge in [-0.25, -0.2) is 4.79 Å². The van der Waals surface area contributed by atoms with Gasteiger partial charge >= 0.3 is 6.03 Å². The Morgan fingerprint density at radius 2 is 1.74 bits per heavy atom. The summed E-state index contributed by atoms with van der Waals surface area (Å²) in [5, 5.41) is 5.86. The Labute approximate surface area is 186 Å². The van der Waals surface area contributed by atoms with Gasteiger partial charge in [0.15, 0.2) is 0 Å². The van der Waals surface area contributed by atoms with Gasteiger partial charge in [-0.1, -0.05) is 45.7 Å². The van der Waals surface area contributed by atoms with Gasteiger partial charge in [0, 0.05) is 19.5 Å². The highest BCUT2D eigenvalue weighted by Gasteiger charge is 2.52. The number of aryl methyl sites for hydroxylation is 2. The van der Waals surface area contributed by atoms with Gasteiger partial charge in [-0.3, -0.25) is 14.5 Å². The molecule has 3 rings (SSSR count). The first-order chi connectivity index (χ1) is 14.5. The first-order valence-corrected chi connectivity index (χ1v) is 11.5. The summed E-state index contributed by atoms with van der Waals surface area (Å²) in [4.78, 5) is 38.4. The molecule has 2 N–H and O–H groups in total. The van der Waals surface area contributed by atoms with Gasteiger partial charge in [0.05, 0.1) is 0 Å². The fourth-order valence-electron chi connectivity index (χ4n) is 4.83. The minimum atomic E-state index is -0.669. The van der Waals surface area contributed by atoms with Crippen LogP contribution in [0.25, 0.3) is 0 Å². The summed E-state index contributed by atoms with van der Waals surface area (Å²) in [6.07, 6.45) is 4.99. The Kier molecular flexibility index (Phi) is 6.77. The Morgan fingerprint density at radius 3 is 2.32 bits per heavy atom. The van der Waals surface area contributed by atoms with Crippen LogP contribution in [0, 0.1) is 13.8 Å². The highest BCUT2D eigenvalue weighted by atomic mass is 16.2. The molecule has 0 bridgehead atoms. The van der Waals surface area contributed by atoms with E-state index < -0.39 is 5.54 Å². The lowest BCUT2D eigenvalue weighted by Gasteiger charge is -2.22. The number of urea groups is 1. The van der Waals surface area contributed by atoms with Crippen molar-refractivity contribution in [1.82, 2.24) is 15.5 Å². The van der Waals surface area contributed by atoms with Crippen LogP contribution in [-0.4, -0.2) is 41.4 Å². The van der Waals surface area contributed by atoms with E-state index in [-0.39, 0.29) is 23.3 Å². The minimum absolute atomic E-state index is 0.0377. The molecule has 1 aliphatic heterocycles. The van der Waals surface area contributed by atoms with Gasteiger partial charge in [-0.05, 0) is 67.2 Å². The number of carbonyl (C=O) groups excluding carboxylic acids is 3. The van der Waals surface area contributed by atoms with E-state index in [0.717, 1.165) is 32.1 Å². The molecule has 1 saturated carbocycles. The van der Waals surface area contributed by atoms with Crippen LogP contribution in [0.4, 0.5) is 4.79 Å². The van der Waals surface area contributed by atoms with Gasteiger partial charge in [0.2, 0.25) is 5.91 Å². The van der Waals surface area contributed by atoms with E-state index in [1.54, 1.807) is 0 Å². The van der Waals surface area contributed by atoms with Gasteiger partial charge in [-0.2, -0.15) is 0 Å². The number of hydrogen-bond acceptors (Lipinski definition) is 3. The van der Waals surface area contributed by atoms with Crippen molar-refractivity contribution < 1.29 is 14.4 Å². The zero-order chi connectivity index (χ0) is 22.8. The average molecular weight is 428 g/mol. The number of hydrogen-bond donors (Lipinski definition) is 2. The van der Waals surface area contributed by atoms with Crippen molar-refractivity contribution in [3.05, 3.63) is 34.4 Å². The van der Waals surface area contributed by atoms with E-state index in [1.807, 2.05) is 0 Å². The Bertz CT molecular complexity index is 840. The van der Waals surface area contributed by atoms with Crippen LogP contribution in [0.3, 0.4) is 0 Å². The Hall–Kier alpha value is -2.37. The van der Waals surface area contributed by atoms with E-state index >= 15 is 0 Å². The van der Waals surface area contributed by atoms with Crippen LogP contribution >= 0.6 is 0 Å². The highest BCUT2D eigenvalue weighted by Crippen LogP contribution is 2.35. The molecule has 6 nitrogen and oxygen atoms in total. The van der Waals surface area contributed by atoms with Crippen molar-refractivity contribution in [2.45, 2.75) is 90.5 Å². The maximum atomic E-state index is 12.6. The normalized spacial score (nSPS) is 18.0. The quantitative estimate of drug-likeness (QED) is 0.648. The van der Waals surface area contributed by atoms with E-state index in [0.29, 0.717) is 25.9 Å². The molecule has 2 fully saturated rings. The van der Waals surface area contributed by atoms with E-state index in [1.165, 1.54) is 27.2 Å². The van der Waals surface area contributed by atoms with E-state index in [2.05, 4.69) is 57.4 Å². The number of nitrogens with one attached hydrogen (secondary N) is 2. The summed E-state index contributed by atoms with van der Waals surface area (Å²) in [6.45, 7) is 11.8. The first kappa shape index (κ1) is 23.3. The molecule has 1 aliphatic carbocycles. The molecule has 1 aromatic rings. The SMILES string of the molecule is Cc1cc(C(C)(C)C)cc(C)c1CCNC(=O)CCCN1C(=O)NC2(CCCC2)C1=O. The van der Waals surface area contributed by atoms with Crippen molar-refractivity contribution in [3.63, 3.8) is 0 Å². The molecule has 1 aromatic carbocycles. The second-order valence-electron chi connectivity index (χ2n) is 10.2. The third kappa shape index (κ3) is 5.10. The summed E-state index contributed by atoms with van der Waals surface area (Å²) >= 11 is 0. The second-order valence-corrected chi connectivity index (χ2v) is 10.2. The molecule has 1 spiro atoms. The number of imide groups is 1. The van der Waals surface area contributed by atoms with Crippen molar-refractivity contribution in [2.24, 2.45) is 0 Å². The smallest absolute Gasteiger partial charge is 0.325 e. The number of nitrogens with zero attached hydrogens (tertiary/aromatic N) is 1. The standard InChI is InChI=1S/C25H37N3O3/c1-17-15-19(24(3,4)5)16-18(2)20(17)10-13-26-21(29)9-8-14-28-22(30)25(27-23(28)31)11-6-7-12-25/h15-16H,6-14H2,1-5H3,(H,26,29)(H,27,31). The molecule has 2 aliphatic rings. The van der Waals surface area contributed by atoms with Gasteiger partial charge < -0.3 is 10.6 Å². The Morgan fingerprint density at radius 1 is 1.13 bits per heavy atom. The first-order valence-electron chi connectivity index (χ1n) is 11.5. The summed E-state index contributed by atoms with van der Waals surface area (Å²) in [5.74, 6) is -0.149. The summed E-state index contributed by atoms with van der Waals surface area (Å²) in [7, 11) is 0. The van der Waals surface area contributed by atoms with Crippen molar-refractivity contribution in [1.29, 1.82) is 0 Å². The molecule has 4 amide bonds. The predicted molar refractivity (Wildman–Crippen MR) is 122 cm³/mol. The van der Waals surface area contributed by atoms with Crippen LogP contribution in [0.5, 0.6) is 0 Å². The molecule has 1 saturated heterocycles. The van der Waals surface area contributed by atoms with Crippen molar-refractivity contribution >= 4 is 17.8 Å². The number of rotatable bonds is 7. The molecule has 31 heavy (non-hydrogen) atoms. The minimum Gasteiger partial charge on any atom is -0.356 e. The second kappa shape index (κ2) is 9.01. The highest BCUT2D eigenvalue weighted by molar-refractivity contribution is 6.07. The molecule has 0 radical (unpaired) electrons. The maximum absolute atomic E-state index is 12.6. The molecule has 1 heterocycles. The summed E-state index contributed by atoms with van der Waals surface area (Å²) in [6, 6.07) is 4.19. The van der Waals surface area contributed by atoms with Crippen molar-refractivity contribution in [2.75, 3.05) is 13.1 Å². The number of carbonyl (C=O) groups is 3. The van der Waals surface area contributed by atoms with Gasteiger partial charge in [0.1, 0.15) is 5.54 Å². The lowest BCUT2D eigenvalue weighted by atomic mass is 9.83. The van der Waals surface area contributed by atoms with Crippen LogP contribution in [0.1, 0.15) is 81.5 Å². The molecule has 0 atom stereocenters. The van der Waals surface area contributed by atoms with Crippen molar-refractivity contribution in [3.8, 4) is 0 Å².